The van der Waals surface area contributed by atoms with E-state index in [9.17, 15) is 13.2 Å². The summed E-state index contributed by atoms with van der Waals surface area (Å²) in [5.41, 5.74) is 3.78. The highest BCUT2D eigenvalue weighted by atomic mass is 19.4. The first-order chi connectivity index (χ1) is 15.4. The number of alkyl halides is 3. The molecule has 0 saturated heterocycles. The average Bonchev–Trinajstić information content (AvgIpc) is 3.18. The van der Waals surface area contributed by atoms with Gasteiger partial charge in [0.1, 0.15) is 6.61 Å². The molecule has 0 aliphatic carbocycles. The zero-order valence-electron chi connectivity index (χ0n) is 18.0. The van der Waals surface area contributed by atoms with E-state index in [1.807, 2.05) is 43.6 Å². The Balaban J connectivity index is 1.44. The van der Waals surface area contributed by atoms with E-state index in [2.05, 4.69) is 36.0 Å². The molecule has 0 aliphatic rings. The van der Waals surface area contributed by atoms with Crippen LogP contribution in [0.3, 0.4) is 0 Å². The lowest BCUT2D eigenvalue weighted by atomic mass is 10.1. The monoisotopic (exact) mass is 447 g/mol. The van der Waals surface area contributed by atoms with Gasteiger partial charge in [-0.1, -0.05) is 36.4 Å². The molecule has 0 amide bonds. The van der Waals surface area contributed by atoms with Gasteiger partial charge in [-0.3, -0.25) is 0 Å². The van der Waals surface area contributed by atoms with E-state index in [4.69, 9.17) is 0 Å². The fraction of sp³-hybridized carbons (Fsp3) is 0.391. The molecule has 32 heavy (non-hydrogen) atoms. The quantitative estimate of drug-likeness (QED) is 0.277. The van der Waals surface area contributed by atoms with Gasteiger partial charge in [-0.2, -0.15) is 13.2 Å². The number of nitrogens with one attached hydrogen (secondary N) is 2. The fourth-order valence-corrected chi connectivity index (χ4v) is 3.18. The Morgan fingerprint density at radius 1 is 1.06 bits per heavy atom. The minimum absolute atomic E-state index is 0.0700. The van der Waals surface area contributed by atoms with Gasteiger partial charge in [-0.15, -0.1) is 0 Å². The molecule has 3 aromatic rings. The molecule has 172 valence electrons. The predicted octanol–water partition coefficient (Wildman–Crippen LogP) is 4.26. The Labute approximate surface area is 185 Å². The standard InChI is InChI=1S/C23H28F3N5O/c1-2-27-22(28-12-5-13-31-17-30-20-6-3-4-7-21(20)31)29-14-18-8-10-19(11-9-18)15-32-16-23(24,25)26/h3-4,6-11,17H,2,5,12-16H2,1H3,(H2,27,28,29). The van der Waals surface area contributed by atoms with E-state index in [1.165, 1.54) is 0 Å². The zero-order chi connectivity index (χ0) is 22.8. The van der Waals surface area contributed by atoms with Crippen molar-refractivity contribution in [2.75, 3.05) is 19.7 Å². The first-order valence-electron chi connectivity index (χ1n) is 10.6. The van der Waals surface area contributed by atoms with Crippen LogP contribution in [-0.2, 0) is 24.4 Å². The van der Waals surface area contributed by atoms with Crippen LogP contribution in [0.1, 0.15) is 24.5 Å². The molecule has 1 aromatic heterocycles. The molecule has 0 fully saturated rings. The zero-order valence-corrected chi connectivity index (χ0v) is 18.0. The number of nitrogens with zero attached hydrogens (tertiary/aromatic N) is 3. The summed E-state index contributed by atoms with van der Waals surface area (Å²) in [6.45, 7) is 3.51. The van der Waals surface area contributed by atoms with E-state index in [0.717, 1.165) is 48.6 Å². The highest BCUT2D eigenvalue weighted by molar-refractivity contribution is 5.79. The number of guanidine groups is 1. The molecule has 3 rings (SSSR count). The van der Waals surface area contributed by atoms with Crippen molar-refractivity contribution >= 4 is 17.0 Å². The molecule has 0 unspecified atom stereocenters. The van der Waals surface area contributed by atoms with Gasteiger partial charge in [0.15, 0.2) is 5.96 Å². The van der Waals surface area contributed by atoms with E-state index < -0.39 is 12.8 Å². The topological polar surface area (TPSA) is 63.5 Å². The van der Waals surface area contributed by atoms with E-state index in [0.29, 0.717) is 12.1 Å². The number of imidazole rings is 1. The predicted molar refractivity (Wildman–Crippen MR) is 119 cm³/mol. The summed E-state index contributed by atoms with van der Waals surface area (Å²) in [5.74, 6) is 0.723. The Hall–Kier alpha value is -3.07. The highest BCUT2D eigenvalue weighted by Gasteiger charge is 2.27. The Morgan fingerprint density at radius 2 is 1.81 bits per heavy atom. The summed E-state index contributed by atoms with van der Waals surface area (Å²) in [6, 6.07) is 15.3. The third-order valence-corrected chi connectivity index (χ3v) is 4.72. The van der Waals surface area contributed by atoms with Gasteiger partial charge in [0.2, 0.25) is 0 Å². The fourth-order valence-electron chi connectivity index (χ4n) is 3.18. The number of ether oxygens (including phenoxy) is 1. The lowest BCUT2D eigenvalue weighted by Crippen LogP contribution is -2.38. The summed E-state index contributed by atoms with van der Waals surface area (Å²) < 4.78 is 43.3. The number of aryl methyl sites for hydroxylation is 1. The van der Waals surface area contributed by atoms with Crippen molar-refractivity contribution in [1.29, 1.82) is 0 Å². The van der Waals surface area contributed by atoms with Crippen LogP contribution in [0.25, 0.3) is 11.0 Å². The maximum atomic E-state index is 12.2. The summed E-state index contributed by atoms with van der Waals surface area (Å²) >= 11 is 0. The minimum Gasteiger partial charge on any atom is -0.367 e. The molecule has 0 atom stereocenters. The number of hydrogen-bond acceptors (Lipinski definition) is 3. The van der Waals surface area contributed by atoms with Crippen LogP contribution in [0, 0.1) is 0 Å². The third-order valence-electron chi connectivity index (χ3n) is 4.72. The number of halogens is 3. The van der Waals surface area contributed by atoms with E-state index in [-0.39, 0.29) is 6.61 Å². The minimum atomic E-state index is -4.31. The molecule has 0 bridgehead atoms. The van der Waals surface area contributed by atoms with Crippen LogP contribution in [-0.4, -0.2) is 41.4 Å². The van der Waals surface area contributed by atoms with Gasteiger partial charge in [0.05, 0.1) is 30.5 Å². The molecule has 9 heteroatoms. The molecule has 6 nitrogen and oxygen atoms in total. The van der Waals surface area contributed by atoms with Gasteiger partial charge >= 0.3 is 6.18 Å². The Bertz CT molecular complexity index is 999. The normalized spacial score (nSPS) is 12.3. The molecule has 2 aromatic carbocycles. The van der Waals surface area contributed by atoms with Crippen LogP contribution in [0.4, 0.5) is 13.2 Å². The van der Waals surface area contributed by atoms with Crippen LogP contribution in [0.15, 0.2) is 59.9 Å². The second-order valence-corrected chi connectivity index (χ2v) is 7.33. The number of fused-ring (bicyclic) bond motifs is 1. The number of para-hydroxylation sites is 2. The molecule has 0 aliphatic heterocycles. The van der Waals surface area contributed by atoms with Crippen molar-refractivity contribution in [1.82, 2.24) is 20.2 Å². The van der Waals surface area contributed by atoms with Gasteiger partial charge in [0, 0.05) is 19.6 Å². The van der Waals surface area contributed by atoms with Gasteiger partial charge < -0.3 is 19.9 Å². The number of hydrogen-bond donors (Lipinski definition) is 2. The van der Waals surface area contributed by atoms with Gasteiger partial charge in [-0.05, 0) is 36.6 Å². The second-order valence-electron chi connectivity index (χ2n) is 7.33. The van der Waals surface area contributed by atoms with Crippen molar-refractivity contribution in [3.63, 3.8) is 0 Å². The first kappa shape index (κ1) is 23.6. The molecule has 0 spiro atoms. The highest BCUT2D eigenvalue weighted by Crippen LogP contribution is 2.16. The van der Waals surface area contributed by atoms with E-state index >= 15 is 0 Å². The van der Waals surface area contributed by atoms with Crippen LogP contribution >= 0.6 is 0 Å². The number of aromatic nitrogens is 2. The molecule has 2 N–H and O–H groups in total. The van der Waals surface area contributed by atoms with Crippen LogP contribution < -0.4 is 10.6 Å². The smallest absolute Gasteiger partial charge is 0.367 e. The number of aliphatic imine (C=N–C) groups is 1. The van der Waals surface area contributed by atoms with Gasteiger partial charge in [0.25, 0.3) is 0 Å². The number of rotatable bonds is 10. The Kier molecular flexibility index (Phi) is 8.49. The van der Waals surface area contributed by atoms with Crippen molar-refractivity contribution in [2.24, 2.45) is 4.99 Å². The number of benzene rings is 2. The average molecular weight is 448 g/mol. The molecule has 0 radical (unpaired) electrons. The second kappa shape index (κ2) is 11.5. The van der Waals surface area contributed by atoms with Crippen molar-refractivity contribution in [2.45, 2.75) is 39.2 Å². The Morgan fingerprint density at radius 3 is 2.56 bits per heavy atom. The molecular formula is C23H28F3N5O. The summed E-state index contributed by atoms with van der Waals surface area (Å²) in [7, 11) is 0. The van der Waals surface area contributed by atoms with Crippen molar-refractivity contribution in [3.05, 3.63) is 66.0 Å². The van der Waals surface area contributed by atoms with E-state index in [1.54, 1.807) is 12.1 Å². The summed E-state index contributed by atoms with van der Waals surface area (Å²) in [6.07, 6.45) is -1.53. The summed E-state index contributed by atoms with van der Waals surface area (Å²) in [4.78, 5) is 8.99. The molecule has 1 heterocycles. The largest absolute Gasteiger partial charge is 0.411 e. The van der Waals surface area contributed by atoms with Crippen LogP contribution in [0.5, 0.6) is 0 Å². The van der Waals surface area contributed by atoms with Crippen molar-refractivity contribution < 1.29 is 17.9 Å². The lowest BCUT2D eigenvalue weighted by molar-refractivity contribution is -0.176. The third kappa shape index (κ3) is 7.56. The lowest BCUT2D eigenvalue weighted by Gasteiger charge is -2.12. The summed E-state index contributed by atoms with van der Waals surface area (Å²) in [5, 5.41) is 6.56. The molecular weight excluding hydrogens is 419 g/mol. The van der Waals surface area contributed by atoms with Crippen LogP contribution in [0.2, 0.25) is 0 Å². The SMILES string of the molecule is CCNC(=NCc1ccc(COCC(F)(F)F)cc1)NCCCn1cnc2ccccc21. The first-order valence-corrected chi connectivity index (χ1v) is 10.6. The maximum Gasteiger partial charge on any atom is 0.411 e. The van der Waals surface area contributed by atoms with Crippen molar-refractivity contribution in [3.8, 4) is 0 Å². The molecule has 0 saturated carbocycles. The maximum absolute atomic E-state index is 12.2. The van der Waals surface area contributed by atoms with Gasteiger partial charge in [-0.25, -0.2) is 9.98 Å².